The quantitative estimate of drug-likeness (QED) is 0.373. The van der Waals surface area contributed by atoms with E-state index in [-0.39, 0.29) is 0 Å². The Morgan fingerprint density at radius 1 is 0.600 bits per heavy atom. The lowest BCUT2D eigenvalue weighted by Crippen LogP contribution is -2.24. The van der Waals surface area contributed by atoms with Crippen LogP contribution in [0.3, 0.4) is 0 Å². The molecule has 0 rings (SSSR count). The molecular weight excluding hydrogens is 248 g/mol. The van der Waals surface area contributed by atoms with Gasteiger partial charge >= 0.3 is 0 Å². The molecule has 0 spiro atoms. The zero-order valence-corrected chi connectivity index (χ0v) is 14.5. The van der Waals surface area contributed by atoms with Crippen molar-refractivity contribution in [2.75, 3.05) is 27.4 Å². The van der Waals surface area contributed by atoms with E-state index in [9.17, 15) is 0 Å². The molecule has 0 aromatic rings. The van der Waals surface area contributed by atoms with Crippen molar-refractivity contribution in [1.29, 1.82) is 0 Å². The summed E-state index contributed by atoms with van der Waals surface area (Å²) in [4.78, 5) is 0. The van der Waals surface area contributed by atoms with Crippen LogP contribution < -0.4 is 0 Å². The predicted octanol–water partition coefficient (Wildman–Crippen LogP) is 5.45. The molecule has 0 aromatic carbocycles. The lowest BCUT2D eigenvalue weighted by molar-refractivity contribution is 0.0593. The van der Waals surface area contributed by atoms with Gasteiger partial charge in [0, 0.05) is 27.4 Å². The van der Waals surface area contributed by atoms with E-state index in [2.05, 4.69) is 13.8 Å². The minimum absolute atomic E-state index is 0.679. The van der Waals surface area contributed by atoms with Crippen LogP contribution >= 0.6 is 0 Å². The fourth-order valence-corrected chi connectivity index (χ4v) is 3.00. The van der Waals surface area contributed by atoms with Crippen molar-refractivity contribution in [2.24, 2.45) is 11.8 Å². The fraction of sp³-hybridized carbons (Fsp3) is 1.00. The zero-order valence-electron chi connectivity index (χ0n) is 14.5. The van der Waals surface area contributed by atoms with Gasteiger partial charge in [0.05, 0.1) is 0 Å². The second kappa shape index (κ2) is 15.3. The molecule has 2 heteroatoms. The molecule has 122 valence electrons. The van der Waals surface area contributed by atoms with Crippen molar-refractivity contribution in [2.45, 2.75) is 78.1 Å². The van der Waals surface area contributed by atoms with Crippen LogP contribution in [0.5, 0.6) is 0 Å². The summed E-state index contributed by atoms with van der Waals surface area (Å²) in [5.41, 5.74) is 0. The van der Waals surface area contributed by atoms with Crippen LogP contribution in [0, 0.1) is 11.8 Å². The first-order valence-corrected chi connectivity index (χ1v) is 8.77. The predicted molar refractivity (Wildman–Crippen MR) is 88.3 cm³/mol. The van der Waals surface area contributed by atoms with Gasteiger partial charge in [-0.1, -0.05) is 65.2 Å². The maximum Gasteiger partial charge on any atom is 0.0493 e. The summed E-state index contributed by atoms with van der Waals surface area (Å²) in [5, 5.41) is 0. The summed E-state index contributed by atoms with van der Waals surface area (Å²) < 4.78 is 10.9. The van der Waals surface area contributed by atoms with E-state index in [4.69, 9.17) is 9.47 Å². The second-order valence-corrected chi connectivity index (χ2v) is 6.13. The van der Waals surface area contributed by atoms with E-state index >= 15 is 0 Å². The summed E-state index contributed by atoms with van der Waals surface area (Å²) in [7, 11) is 3.67. The highest BCUT2D eigenvalue weighted by Gasteiger charge is 2.20. The first-order valence-electron chi connectivity index (χ1n) is 8.77. The molecule has 0 aromatic heterocycles. The van der Waals surface area contributed by atoms with E-state index in [1.807, 2.05) is 14.2 Å². The van der Waals surface area contributed by atoms with Crippen LogP contribution in [0.4, 0.5) is 0 Å². The highest BCUT2D eigenvalue weighted by Crippen LogP contribution is 2.25. The van der Waals surface area contributed by atoms with E-state index in [1.54, 1.807) is 0 Å². The Kier molecular flexibility index (Phi) is 15.3. The standard InChI is InChI=1S/C18H38O2/c1-5-7-9-11-13-17(15-19-3)18(16-20-4)14-12-10-8-6-2/h17-18H,5-16H2,1-4H3. The van der Waals surface area contributed by atoms with E-state index in [0.717, 1.165) is 13.2 Å². The van der Waals surface area contributed by atoms with Crippen molar-refractivity contribution < 1.29 is 9.47 Å². The maximum absolute atomic E-state index is 5.46. The molecule has 0 radical (unpaired) electrons. The Balaban J connectivity index is 4.13. The average Bonchev–Trinajstić information content (AvgIpc) is 2.46. The molecule has 0 amide bonds. The SMILES string of the molecule is CCCCCCC(COC)C(CCCCCC)COC. The molecule has 0 saturated heterocycles. The molecule has 2 nitrogen and oxygen atoms in total. The van der Waals surface area contributed by atoms with Crippen molar-refractivity contribution in [3.63, 3.8) is 0 Å². The summed E-state index contributed by atoms with van der Waals surface area (Å²) in [6.45, 7) is 6.34. The molecule has 0 aliphatic heterocycles. The topological polar surface area (TPSA) is 18.5 Å². The third-order valence-electron chi connectivity index (χ3n) is 4.29. The van der Waals surface area contributed by atoms with E-state index in [0.29, 0.717) is 11.8 Å². The molecule has 0 N–H and O–H groups in total. The Morgan fingerprint density at radius 2 is 1.00 bits per heavy atom. The number of unbranched alkanes of at least 4 members (excludes halogenated alkanes) is 6. The maximum atomic E-state index is 5.46. The highest BCUT2D eigenvalue weighted by atomic mass is 16.5. The van der Waals surface area contributed by atoms with Crippen molar-refractivity contribution >= 4 is 0 Å². The first-order chi connectivity index (χ1) is 9.79. The van der Waals surface area contributed by atoms with Gasteiger partial charge in [0.15, 0.2) is 0 Å². The molecule has 20 heavy (non-hydrogen) atoms. The second-order valence-electron chi connectivity index (χ2n) is 6.13. The number of rotatable bonds is 15. The first kappa shape index (κ1) is 19.9. The highest BCUT2D eigenvalue weighted by molar-refractivity contribution is 4.70. The number of ether oxygens (including phenoxy) is 2. The molecule has 0 aliphatic rings. The minimum atomic E-state index is 0.679. The Labute approximate surface area is 127 Å². The van der Waals surface area contributed by atoms with Crippen molar-refractivity contribution in [3.05, 3.63) is 0 Å². The van der Waals surface area contributed by atoms with Gasteiger partial charge in [0.1, 0.15) is 0 Å². The van der Waals surface area contributed by atoms with Crippen LogP contribution in [-0.2, 0) is 9.47 Å². The van der Waals surface area contributed by atoms with E-state index < -0.39 is 0 Å². The zero-order chi connectivity index (χ0) is 15.1. The van der Waals surface area contributed by atoms with Crippen LogP contribution in [0.15, 0.2) is 0 Å². The van der Waals surface area contributed by atoms with Crippen LogP contribution in [0.25, 0.3) is 0 Å². The van der Waals surface area contributed by atoms with Crippen LogP contribution in [0.1, 0.15) is 78.1 Å². The third kappa shape index (κ3) is 10.7. The molecular formula is C18H38O2. The molecule has 0 heterocycles. The van der Waals surface area contributed by atoms with Gasteiger partial charge in [0.25, 0.3) is 0 Å². The summed E-state index contributed by atoms with van der Waals surface area (Å²) in [5.74, 6) is 1.36. The molecule has 2 unspecified atom stereocenters. The lowest BCUT2D eigenvalue weighted by Gasteiger charge is -2.26. The number of methoxy groups -OCH3 is 2. The van der Waals surface area contributed by atoms with Gasteiger partial charge in [-0.3, -0.25) is 0 Å². The third-order valence-corrected chi connectivity index (χ3v) is 4.29. The average molecular weight is 286 g/mol. The van der Waals surface area contributed by atoms with Crippen LogP contribution in [-0.4, -0.2) is 27.4 Å². The van der Waals surface area contributed by atoms with Gasteiger partial charge < -0.3 is 9.47 Å². The lowest BCUT2D eigenvalue weighted by atomic mass is 9.85. The van der Waals surface area contributed by atoms with Gasteiger partial charge in [-0.15, -0.1) is 0 Å². The molecule has 2 atom stereocenters. The normalized spacial score (nSPS) is 14.4. The van der Waals surface area contributed by atoms with Crippen molar-refractivity contribution in [3.8, 4) is 0 Å². The van der Waals surface area contributed by atoms with Crippen LogP contribution in [0.2, 0.25) is 0 Å². The van der Waals surface area contributed by atoms with Gasteiger partial charge in [0.2, 0.25) is 0 Å². The van der Waals surface area contributed by atoms with Crippen molar-refractivity contribution in [1.82, 2.24) is 0 Å². The molecule has 0 fully saturated rings. The van der Waals surface area contributed by atoms with Gasteiger partial charge in [-0.2, -0.15) is 0 Å². The minimum Gasteiger partial charge on any atom is -0.384 e. The Morgan fingerprint density at radius 3 is 1.30 bits per heavy atom. The summed E-state index contributed by atoms with van der Waals surface area (Å²) in [6, 6.07) is 0. The van der Waals surface area contributed by atoms with Gasteiger partial charge in [-0.25, -0.2) is 0 Å². The Bertz CT molecular complexity index is 162. The smallest absolute Gasteiger partial charge is 0.0493 e. The molecule has 0 bridgehead atoms. The van der Waals surface area contributed by atoms with E-state index in [1.165, 1.54) is 64.2 Å². The number of hydrogen-bond donors (Lipinski definition) is 0. The summed E-state index contributed by atoms with van der Waals surface area (Å²) >= 11 is 0. The fourth-order valence-electron chi connectivity index (χ4n) is 3.00. The largest absolute Gasteiger partial charge is 0.384 e. The monoisotopic (exact) mass is 286 g/mol. The molecule has 0 saturated carbocycles. The Hall–Kier alpha value is -0.0800. The number of hydrogen-bond acceptors (Lipinski definition) is 2. The molecule has 0 aliphatic carbocycles. The summed E-state index contributed by atoms with van der Waals surface area (Å²) in [6.07, 6.45) is 13.4. The van der Waals surface area contributed by atoms with Gasteiger partial charge in [-0.05, 0) is 24.7 Å².